The van der Waals surface area contributed by atoms with Gasteiger partial charge in [0.25, 0.3) is 5.91 Å². The lowest BCUT2D eigenvalue weighted by atomic mass is 10.1. The van der Waals surface area contributed by atoms with Crippen LogP contribution in [-0.2, 0) is 16.1 Å². The van der Waals surface area contributed by atoms with E-state index in [1.807, 2.05) is 44.7 Å². The number of benzene rings is 2. The lowest BCUT2D eigenvalue weighted by Gasteiger charge is -2.37. The highest BCUT2D eigenvalue weighted by Crippen LogP contribution is 2.27. The van der Waals surface area contributed by atoms with E-state index in [0.29, 0.717) is 66.3 Å². The van der Waals surface area contributed by atoms with Crippen molar-refractivity contribution in [3.63, 3.8) is 0 Å². The molecule has 6 rings (SSSR count). The largest absolute Gasteiger partial charge is 0.444 e. The Morgan fingerprint density at radius 3 is 2.48 bits per heavy atom. The summed E-state index contributed by atoms with van der Waals surface area (Å²) in [5.74, 6) is 1.25. The summed E-state index contributed by atoms with van der Waals surface area (Å²) in [7, 11) is 0. The maximum atomic E-state index is 14.0. The molecule has 0 spiro atoms. The van der Waals surface area contributed by atoms with Crippen molar-refractivity contribution in [2.24, 2.45) is 0 Å². The van der Waals surface area contributed by atoms with Gasteiger partial charge in [-0.1, -0.05) is 6.07 Å². The smallest absolute Gasteiger partial charge is 0.410 e. The number of alkyl halides is 1. The molecule has 0 atom stereocenters. The van der Waals surface area contributed by atoms with E-state index in [9.17, 15) is 14.0 Å². The molecule has 276 valence electrons. The average molecular weight is 716 g/mol. The van der Waals surface area contributed by atoms with Gasteiger partial charge in [0.15, 0.2) is 5.82 Å². The number of amides is 2. The van der Waals surface area contributed by atoms with Gasteiger partial charge < -0.3 is 35.2 Å². The van der Waals surface area contributed by atoms with Gasteiger partial charge in [-0.25, -0.2) is 19.2 Å². The molecular weight excluding hydrogens is 669 g/mol. The van der Waals surface area contributed by atoms with Gasteiger partial charge in [0.1, 0.15) is 30.7 Å². The Morgan fingerprint density at radius 1 is 0.942 bits per heavy atom. The minimum absolute atomic E-state index is 0.327. The van der Waals surface area contributed by atoms with Crippen molar-refractivity contribution in [2.45, 2.75) is 40.0 Å². The fourth-order valence-corrected chi connectivity index (χ4v) is 5.92. The molecule has 0 radical (unpaired) electrons. The van der Waals surface area contributed by atoms with Crippen LogP contribution in [0.5, 0.6) is 0 Å². The molecular formula is C36H46FN11O4. The molecule has 15 nitrogen and oxygen atoms in total. The number of hydrogen-bond acceptors (Lipinski definition) is 12. The second kappa shape index (κ2) is 16.3. The minimum Gasteiger partial charge on any atom is -0.444 e. The van der Waals surface area contributed by atoms with Crippen LogP contribution in [0, 0.1) is 6.92 Å². The van der Waals surface area contributed by atoms with Gasteiger partial charge in [0.05, 0.1) is 13.2 Å². The summed E-state index contributed by atoms with van der Waals surface area (Å²) in [6, 6.07) is 12.3. The first-order valence-corrected chi connectivity index (χ1v) is 17.4. The zero-order valence-electron chi connectivity index (χ0n) is 30.1. The van der Waals surface area contributed by atoms with E-state index in [0.717, 1.165) is 50.6 Å². The summed E-state index contributed by atoms with van der Waals surface area (Å²) < 4.78 is 26.5. The fourth-order valence-electron chi connectivity index (χ4n) is 5.92. The lowest BCUT2D eigenvalue weighted by molar-refractivity contribution is 0.0240. The number of ether oxygens (including phenoxy) is 2. The van der Waals surface area contributed by atoms with Gasteiger partial charge >= 0.3 is 6.09 Å². The number of piperazine rings is 1. The van der Waals surface area contributed by atoms with E-state index in [2.05, 4.69) is 40.9 Å². The van der Waals surface area contributed by atoms with Crippen molar-refractivity contribution in [3.8, 4) is 5.82 Å². The molecule has 2 amide bonds. The van der Waals surface area contributed by atoms with Gasteiger partial charge in [-0.2, -0.15) is 14.8 Å². The molecule has 4 aromatic rings. The molecule has 2 aliphatic rings. The van der Waals surface area contributed by atoms with Crippen molar-refractivity contribution in [2.75, 3.05) is 86.4 Å². The van der Waals surface area contributed by atoms with Crippen LogP contribution in [-0.4, -0.2) is 118 Å². The van der Waals surface area contributed by atoms with E-state index in [-0.39, 0.29) is 12.0 Å². The number of rotatable bonds is 11. The van der Waals surface area contributed by atoms with E-state index in [1.165, 1.54) is 12.7 Å². The summed E-state index contributed by atoms with van der Waals surface area (Å²) in [5.41, 5.74) is 3.00. The Morgan fingerprint density at radius 2 is 1.73 bits per heavy atom. The fraction of sp³-hybridized carbons (Fsp3) is 0.444. The highest BCUT2D eigenvalue weighted by Gasteiger charge is 2.26. The first-order valence-electron chi connectivity index (χ1n) is 17.4. The summed E-state index contributed by atoms with van der Waals surface area (Å²) in [4.78, 5) is 45.3. The van der Waals surface area contributed by atoms with Crippen LogP contribution < -0.4 is 20.9 Å². The summed E-state index contributed by atoms with van der Waals surface area (Å²) in [6.07, 6.45) is 2.55. The molecule has 0 bridgehead atoms. The van der Waals surface area contributed by atoms with Crippen LogP contribution in [0.3, 0.4) is 0 Å². The van der Waals surface area contributed by atoms with E-state index >= 15 is 0 Å². The Bertz CT molecular complexity index is 1850. The first-order chi connectivity index (χ1) is 25.0. The van der Waals surface area contributed by atoms with Gasteiger partial charge in [0, 0.05) is 81.1 Å². The van der Waals surface area contributed by atoms with Crippen molar-refractivity contribution in [3.05, 3.63) is 71.8 Å². The number of carbonyl (C=O) groups is 2. The summed E-state index contributed by atoms with van der Waals surface area (Å²) >= 11 is 0. The van der Waals surface area contributed by atoms with Crippen molar-refractivity contribution in [1.82, 2.24) is 34.5 Å². The van der Waals surface area contributed by atoms with Crippen LogP contribution in [0.2, 0.25) is 0 Å². The molecule has 2 aromatic heterocycles. The van der Waals surface area contributed by atoms with Crippen LogP contribution in [0.4, 0.5) is 38.0 Å². The topological polar surface area (TPSA) is 155 Å². The second-order valence-electron chi connectivity index (χ2n) is 13.7. The zero-order chi connectivity index (χ0) is 36.7. The molecule has 2 fully saturated rings. The SMILES string of the molecule is Cc1ccc(NC(=O)c2cc(CF)cc(N3CCN(C(=O)OC(C)(C)C)CC3)c2)cc1Nc1ncnn1-c1cc(NCCN2CCOCC2)ncn1. The third-order valence-corrected chi connectivity index (χ3v) is 8.69. The number of anilines is 5. The number of morpholine rings is 1. The molecule has 2 saturated heterocycles. The lowest BCUT2D eigenvalue weighted by Crippen LogP contribution is -2.50. The number of aryl methyl sites for hydroxylation is 1. The van der Waals surface area contributed by atoms with E-state index < -0.39 is 12.3 Å². The van der Waals surface area contributed by atoms with Crippen LogP contribution in [0.1, 0.15) is 42.3 Å². The third-order valence-electron chi connectivity index (χ3n) is 8.69. The Balaban J connectivity index is 1.10. The molecule has 16 heteroatoms. The monoisotopic (exact) mass is 715 g/mol. The first kappa shape index (κ1) is 36.4. The summed E-state index contributed by atoms with van der Waals surface area (Å²) in [5, 5.41) is 14.0. The Kier molecular flexibility index (Phi) is 11.4. The number of nitrogens with zero attached hydrogens (tertiary/aromatic N) is 8. The van der Waals surface area contributed by atoms with E-state index in [4.69, 9.17) is 9.47 Å². The van der Waals surface area contributed by atoms with Gasteiger partial charge in [-0.3, -0.25) is 9.69 Å². The maximum Gasteiger partial charge on any atom is 0.410 e. The molecule has 2 aliphatic heterocycles. The van der Waals surface area contributed by atoms with Gasteiger partial charge in [-0.05, 0) is 69.2 Å². The molecule has 52 heavy (non-hydrogen) atoms. The van der Waals surface area contributed by atoms with Crippen LogP contribution >= 0.6 is 0 Å². The second-order valence-corrected chi connectivity index (χ2v) is 13.7. The quantitative estimate of drug-likeness (QED) is 0.198. The highest BCUT2D eigenvalue weighted by atomic mass is 19.1. The third kappa shape index (κ3) is 9.50. The molecule has 0 unspecified atom stereocenters. The average Bonchev–Trinajstić information content (AvgIpc) is 3.61. The molecule has 2 aromatic carbocycles. The molecule has 4 heterocycles. The normalized spacial score (nSPS) is 15.3. The minimum atomic E-state index is -0.719. The van der Waals surface area contributed by atoms with Crippen LogP contribution in [0.25, 0.3) is 5.82 Å². The number of hydrogen-bond donors (Lipinski definition) is 3. The van der Waals surface area contributed by atoms with Crippen molar-refractivity contribution >= 4 is 40.8 Å². The number of nitrogens with one attached hydrogen (secondary N) is 3. The van der Waals surface area contributed by atoms with Gasteiger partial charge in [-0.15, -0.1) is 0 Å². The number of halogens is 1. The molecule has 0 saturated carbocycles. The predicted molar refractivity (Wildman–Crippen MR) is 196 cm³/mol. The van der Waals surface area contributed by atoms with Gasteiger partial charge in [0.2, 0.25) is 5.95 Å². The molecule has 0 aliphatic carbocycles. The number of aromatic nitrogens is 5. The Hall–Kier alpha value is -5.35. The van der Waals surface area contributed by atoms with Crippen molar-refractivity contribution in [1.29, 1.82) is 0 Å². The van der Waals surface area contributed by atoms with Crippen molar-refractivity contribution < 1.29 is 23.5 Å². The highest BCUT2D eigenvalue weighted by molar-refractivity contribution is 6.05. The summed E-state index contributed by atoms with van der Waals surface area (Å²) in [6.45, 7) is 13.6. The maximum absolute atomic E-state index is 14.0. The van der Waals surface area contributed by atoms with E-state index in [1.54, 1.807) is 39.9 Å². The number of carbonyl (C=O) groups excluding carboxylic acids is 2. The standard InChI is InChI=1S/C36H46FN11O4/c1-25-5-6-28(43-33(49)27-17-26(22-37)18-29(19-27)46-9-11-47(12-10-46)35(50)52-36(2,3)4)20-30(25)44-34-41-24-42-48(34)32-21-31(39-23-40-32)38-7-8-45-13-15-51-16-14-45/h5-6,17-21,23-24H,7-16,22H2,1-4H3,(H,43,49)(H,38,39,40)(H,41,42,44). The molecule has 3 N–H and O–H groups in total. The van der Waals surface area contributed by atoms with Crippen LogP contribution in [0.15, 0.2) is 55.1 Å². The predicted octanol–water partition coefficient (Wildman–Crippen LogP) is 4.63. The Labute approximate surface area is 302 Å². The zero-order valence-corrected chi connectivity index (χ0v) is 30.1.